The fourth-order valence-corrected chi connectivity index (χ4v) is 2.92. The van der Waals surface area contributed by atoms with Gasteiger partial charge in [0.15, 0.2) is 0 Å². The maximum Gasteiger partial charge on any atom is 0.269 e. The van der Waals surface area contributed by atoms with Gasteiger partial charge in [-0.1, -0.05) is 24.3 Å². The van der Waals surface area contributed by atoms with E-state index in [4.69, 9.17) is 15.5 Å². The van der Waals surface area contributed by atoms with Gasteiger partial charge in [-0.2, -0.15) is 13.7 Å². The number of benzene rings is 2. The smallest absolute Gasteiger partial charge is 0.269 e. The van der Waals surface area contributed by atoms with E-state index < -0.39 is 10.1 Å². The lowest BCUT2D eigenvalue weighted by molar-refractivity contribution is 0.482. The van der Waals surface area contributed by atoms with Crippen LogP contribution in [0.4, 0.5) is 11.4 Å². The van der Waals surface area contributed by atoms with Crippen molar-refractivity contribution in [2.45, 2.75) is 26.0 Å². The zero-order chi connectivity index (χ0) is 19.6. The van der Waals surface area contributed by atoms with E-state index in [0.717, 1.165) is 13.1 Å². The second-order valence-corrected chi connectivity index (χ2v) is 7.25. The molecule has 2 aromatic carbocycles. The van der Waals surface area contributed by atoms with Crippen LogP contribution in [0.15, 0.2) is 48.5 Å². The second kappa shape index (κ2) is 10.4. The van der Waals surface area contributed by atoms with Crippen LogP contribution in [-0.2, 0) is 15.9 Å². The molecule has 0 saturated carbocycles. The Morgan fingerprint density at radius 2 is 1.85 bits per heavy atom. The number of nitrogens with zero attached hydrogens (tertiary/aromatic N) is 2. The number of hydrogen-bond donors (Lipinski definition) is 2. The fraction of sp³-hybridized carbons (Fsp3) is 0.316. The lowest BCUT2D eigenvalue weighted by Crippen LogP contribution is -2.23. The summed E-state index contributed by atoms with van der Waals surface area (Å²) in [6.07, 6.45) is 0.585. The maximum absolute atomic E-state index is 10.4. The van der Waals surface area contributed by atoms with Crippen LogP contribution in [-0.4, -0.2) is 26.1 Å². The van der Waals surface area contributed by atoms with Crippen LogP contribution in [0.25, 0.3) is 0 Å². The first-order valence-corrected chi connectivity index (χ1v) is 9.84. The Morgan fingerprint density at radius 3 is 2.35 bits per heavy atom. The summed E-state index contributed by atoms with van der Waals surface area (Å²) < 4.78 is 29.3. The lowest BCUT2D eigenvalue weighted by atomic mass is 10.2. The molecule has 140 valence electrons. The normalized spacial score (nSPS) is 10.4. The lowest BCUT2D eigenvalue weighted by Gasteiger charge is -2.22. The molecular formula is C19H25N3O3S. The van der Waals surface area contributed by atoms with Crippen molar-refractivity contribution >= 4 is 21.5 Å². The molecule has 2 aromatic rings. The molecule has 0 aliphatic rings. The molecule has 26 heavy (non-hydrogen) atoms. The number of nitrogens with two attached hydrogens (primary N) is 1. The van der Waals surface area contributed by atoms with E-state index in [9.17, 15) is 8.42 Å². The molecule has 0 saturated heterocycles. The Bertz CT molecular complexity index is 828. The van der Waals surface area contributed by atoms with Gasteiger partial charge in [-0.3, -0.25) is 4.55 Å². The monoisotopic (exact) mass is 375 g/mol. The number of rotatable bonds is 6. The molecule has 0 amide bonds. The highest BCUT2D eigenvalue weighted by Crippen LogP contribution is 2.15. The van der Waals surface area contributed by atoms with Crippen LogP contribution >= 0.6 is 0 Å². The minimum Gasteiger partial charge on any atom is -0.399 e. The SMILES string of the molecule is CCN(CCC#N)c1cccc(C)c1.Nc1ccc(CS(=O)(=O)O)cc1. The Hall–Kier alpha value is -2.56. The number of anilines is 2. The first-order chi connectivity index (χ1) is 12.2. The molecule has 0 aromatic heterocycles. The third-order valence-electron chi connectivity index (χ3n) is 3.57. The molecule has 0 aliphatic carbocycles. The van der Waals surface area contributed by atoms with Crippen LogP contribution in [0.1, 0.15) is 24.5 Å². The van der Waals surface area contributed by atoms with Crippen molar-refractivity contribution in [3.63, 3.8) is 0 Å². The van der Waals surface area contributed by atoms with Gasteiger partial charge in [-0.15, -0.1) is 0 Å². The van der Waals surface area contributed by atoms with E-state index in [1.54, 1.807) is 24.3 Å². The summed E-state index contributed by atoms with van der Waals surface area (Å²) in [6.45, 7) is 5.96. The fourth-order valence-electron chi connectivity index (χ4n) is 2.30. The number of hydrogen-bond acceptors (Lipinski definition) is 5. The second-order valence-electron chi connectivity index (χ2n) is 5.79. The maximum atomic E-state index is 10.4. The summed E-state index contributed by atoms with van der Waals surface area (Å²) in [5, 5.41) is 8.54. The summed E-state index contributed by atoms with van der Waals surface area (Å²) in [7, 11) is -3.93. The number of nitrogen functional groups attached to an aromatic ring is 1. The van der Waals surface area contributed by atoms with Crippen molar-refractivity contribution in [3.05, 3.63) is 59.7 Å². The Balaban J connectivity index is 0.000000263. The molecule has 0 aliphatic heterocycles. The first-order valence-electron chi connectivity index (χ1n) is 8.23. The van der Waals surface area contributed by atoms with Crippen molar-refractivity contribution in [2.75, 3.05) is 23.7 Å². The van der Waals surface area contributed by atoms with Gasteiger partial charge in [0.25, 0.3) is 10.1 Å². The zero-order valence-corrected chi connectivity index (χ0v) is 15.9. The van der Waals surface area contributed by atoms with Gasteiger partial charge >= 0.3 is 0 Å². The van der Waals surface area contributed by atoms with Crippen molar-refractivity contribution < 1.29 is 13.0 Å². The highest BCUT2D eigenvalue weighted by molar-refractivity contribution is 7.85. The van der Waals surface area contributed by atoms with Gasteiger partial charge in [-0.05, 0) is 49.2 Å². The van der Waals surface area contributed by atoms with Gasteiger partial charge in [-0.25, -0.2) is 0 Å². The third kappa shape index (κ3) is 8.51. The molecule has 0 bridgehead atoms. The summed E-state index contributed by atoms with van der Waals surface area (Å²) >= 11 is 0. The summed E-state index contributed by atoms with van der Waals surface area (Å²) in [6, 6.07) is 16.8. The molecule has 0 atom stereocenters. The van der Waals surface area contributed by atoms with Crippen LogP contribution in [0, 0.1) is 18.3 Å². The molecule has 0 spiro atoms. The van der Waals surface area contributed by atoms with Crippen LogP contribution < -0.4 is 10.6 Å². The molecule has 0 unspecified atom stereocenters. The van der Waals surface area contributed by atoms with E-state index in [1.807, 2.05) is 0 Å². The summed E-state index contributed by atoms with van der Waals surface area (Å²) in [5.41, 5.74) is 8.94. The molecule has 0 heterocycles. The number of nitriles is 1. The summed E-state index contributed by atoms with van der Waals surface area (Å²) in [5.74, 6) is -0.368. The topological polar surface area (TPSA) is 107 Å². The van der Waals surface area contributed by atoms with Gasteiger partial charge in [0.1, 0.15) is 5.75 Å². The van der Waals surface area contributed by atoms with Crippen LogP contribution in [0.5, 0.6) is 0 Å². The average Bonchev–Trinajstić information content (AvgIpc) is 2.57. The third-order valence-corrected chi connectivity index (χ3v) is 4.27. The van der Waals surface area contributed by atoms with Gasteiger partial charge in [0.2, 0.25) is 0 Å². The Morgan fingerprint density at radius 1 is 1.19 bits per heavy atom. The zero-order valence-electron chi connectivity index (χ0n) is 15.1. The van der Waals surface area contributed by atoms with Crippen LogP contribution in [0.3, 0.4) is 0 Å². The van der Waals surface area contributed by atoms with E-state index in [0.29, 0.717) is 17.7 Å². The van der Waals surface area contributed by atoms with E-state index in [2.05, 4.69) is 49.1 Å². The van der Waals surface area contributed by atoms with Crippen molar-refractivity contribution in [1.29, 1.82) is 5.26 Å². The van der Waals surface area contributed by atoms with E-state index in [-0.39, 0.29) is 5.75 Å². The molecule has 3 N–H and O–H groups in total. The highest BCUT2D eigenvalue weighted by atomic mass is 32.2. The molecule has 6 nitrogen and oxygen atoms in total. The Kier molecular flexibility index (Phi) is 8.62. The predicted octanol–water partition coefficient (Wildman–Crippen LogP) is 3.39. The molecule has 2 rings (SSSR count). The molecule has 0 radical (unpaired) electrons. The van der Waals surface area contributed by atoms with Gasteiger partial charge in [0, 0.05) is 24.5 Å². The first kappa shape index (κ1) is 21.5. The van der Waals surface area contributed by atoms with Gasteiger partial charge in [0.05, 0.1) is 12.5 Å². The standard InChI is InChI=1S/C12H16N2.C7H9NO3S/c1-3-14(9-5-8-13)12-7-4-6-11(2)10-12;8-7-3-1-6(2-4-7)5-12(9,10)11/h4,6-7,10H,3,5,9H2,1-2H3;1-4H,5,8H2,(H,9,10,11). The van der Waals surface area contributed by atoms with Crippen molar-refractivity contribution in [1.82, 2.24) is 0 Å². The highest BCUT2D eigenvalue weighted by Gasteiger charge is 2.05. The van der Waals surface area contributed by atoms with Crippen molar-refractivity contribution in [2.24, 2.45) is 0 Å². The molecule has 0 fully saturated rings. The number of aryl methyl sites for hydroxylation is 1. The van der Waals surface area contributed by atoms with E-state index >= 15 is 0 Å². The van der Waals surface area contributed by atoms with Crippen molar-refractivity contribution in [3.8, 4) is 6.07 Å². The molecule has 7 heteroatoms. The van der Waals surface area contributed by atoms with E-state index in [1.165, 1.54) is 11.3 Å². The largest absolute Gasteiger partial charge is 0.399 e. The van der Waals surface area contributed by atoms with Crippen LogP contribution in [0.2, 0.25) is 0 Å². The van der Waals surface area contributed by atoms with Gasteiger partial charge < -0.3 is 10.6 Å². The minimum absolute atomic E-state index is 0.368. The summed E-state index contributed by atoms with van der Waals surface area (Å²) in [4.78, 5) is 2.22. The predicted molar refractivity (Wildman–Crippen MR) is 105 cm³/mol. The average molecular weight is 375 g/mol. The molecular weight excluding hydrogens is 350 g/mol. The Labute approximate surface area is 155 Å². The minimum atomic E-state index is -3.93. The quantitative estimate of drug-likeness (QED) is 0.592.